The number of methoxy groups -OCH3 is 1. The lowest BCUT2D eigenvalue weighted by Gasteiger charge is -2.32. The highest BCUT2D eigenvalue weighted by molar-refractivity contribution is 9.13. The number of esters is 1. The van der Waals surface area contributed by atoms with Crippen molar-refractivity contribution in [1.82, 2.24) is 15.2 Å². The number of likely N-dealkylation sites (tertiary alicyclic amines) is 1. The SMILES string of the molecule is COC(=O)c1cccc(CN2CCC(NC(=O)c3cc(Br)c(Br)[nH]3)CC2)c1. The van der Waals surface area contributed by atoms with Crippen LogP contribution in [-0.2, 0) is 11.3 Å². The molecule has 144 valence electrons. The van der Waals surface area contributed by atoms with Crippen LogP contribution in [0.15, 0.2) is 39.4 Å². The van der Waals surface area contributed by atoms with E-state index in [4.69, 9.17) is 4.74 Å². The highest BCUT2D eigenvalue weighted by Gasteiger charge is 2.22. The Balaban J connectivity index is 1.50. The summed E-state index contributed by atoms with van der Waals surface area (Å²) in [5, 5.41) is 3.09. The Bertz CT molecular complexity index is 810. The summed E-state index contributed by atoms with van der Waals surface area (Å²) in [6, 6.07) is 9.45. The van der Waals surface area contributed by atoms with Gasteiger partial charge in [-0.05, 0) is 68.5 Å². The zero-order chi connectivity index (χ0) is 19.4. The number of halogens is 2. The first-order valence-corrected chi connectivity index (χ1v) is 10.3. The van der Waals surface area contributed by atoms with Crippen LogP contribution in [0.1, 0.15) is 39.3 Å². The van der Waals surface area contributed by atoms with Crippen molar-refractivity contribution in [1.29, 1.82) is 0 Å². The second kappa shape index (κ2) is 9.03. The van der Waals surface area contributed by atoms with Gasteiger partial charge in [0.05, 0.1) is 21.7 Å². The summed E-state index contributed by atoms with van der Waals surface area (Å²) in [5.74, 6) is -0.411. The molecule has 27 heavy (non-hydrogen) atoms. The molecule has 0 aliphatic carbocycles. The molecule has 0 unspecified atom stereocenters. The Kier molecular flexibility index (Phi) is 6.73. The molecule has 0 saturated carbocycles. The van der Waals surface area contributed by atoms with E-state index in [2.05, 4.69) is 47.1 Å². The topological polar surface area (TPSA) is 74.4 Å². The average Bonchev–Trinajstić information content (AvgIpc) is 3.02. The smallest absolute Gasteiger partial charge is 0.337 e. The molecule has 2 heterocycles. The average molecular weight is 499 g/mol. The number of piperidine rings is 1. The molecule has 1 aromatic heterocycles. The second-order valence-electron chi connectivity index (χ2n) is 6.56. The van der Waals surface area contributed by atoms with Gasteiger partial charge >= 0.3 is 5.97 Å². The van der Waals surface area contributed by atoms with Crippen LogP contribution in [0.3, 0.4) is 0 Å². The first kappa shape index (κ1) is 20.1. The quantitative estimate of drug-likeness (QED) is 0.616. The summed E-state index contributed by atoms with van der Waals surface area (Å²) in [4.78, 5) is 29.3. The van der Waals surface area contributed by atoms with Crippen molar-refractivity contribution in [2.45, 2.75) is 25.4 Å². The predicted molar refractivity (Wildman–Crippen MR) is 110 cm³/mol. The van der Waals surface area contributed by atoms with E-state index in [0.717, 1.165) is 47.1 Å². The van der Waals surface area contributed by atoms with Gasteiger partial charge in [-0.25, -0.2) is 4.79 Å². The molecule has 8 heteroatoms. The number of carbonyl (C=O) groups is 2. The number of nitrogens with one attached hydrogen (secondary N) is 2. The first-order valence-electron chi connectivity index (χ1n) is 8.70. The van der Waals surface area contributed by atoms with E-state index >= 15 is 0 Å². The molecule has 0 bridgehead atoms. The monoisotopic (exact) mass is 497 g/mol. The largest absolute Gasteiger partial charge is 0.465 e. The third-order valence-corrected chi connectivity index (χ3v) is 6.43. The molecular formula is C19H21Br2N3O3. The van der Waals surface area contributed by atoms with Crippen LogP contribution in [0.4, 0.5) is 0 Å². The van der Waals surface area contributed by atoms with Gasteiger partial charge in [-0.15, -0.1) is 0 Å². The predicted octanol–water partition coefficient (Wildman–Crippen LogP) is 3.72. The third kappa shape index (κ3) is 5.21. The van der Waals surface area contributed by atoms with Gasteiger partial charge < -0.3 is 15.0 Å². The molecule has 1 aliphatic heterocycles. The van der Waals surface area contributed by atoms with Crippen molar-refractivity contribution in [3.63, 3.8) is 0 Å². The van der Waals surface area contributed by atoms with Gasteiger partial charge in [-0.1, -0.05) is 12.1 Å². The van der Waals surface area contributed by atoms with E-state index in [0.29, 0.717) is 11.3 Å². The van der Waals surface area contributed by atoms with E-state index in [-0.39, 0.29) is 17.9 Å². The molecule has 2 N–H and O–H groups in total. The number of aromatic amines is 1. The Morgan fingerprint density at radius 3 is 2.63 bits per heavy atom. The number of carbonyl (C=O) groups excluding carboxylic acids is 2. The fourth-order valence-electron chi connectivity index (χ4n) is 3.20. The lowest BCUT2D eigenvalue weighted by atomic mass is 10.0. The van der Waals surface area contributed by atoms with E-state index in [1.165, 1.54) is 7.11 Å². The van der Waals surface area contributed by atoms with Crippen LogP contribution in [0.5, 0.6) is 0 Å². The molecule has 1 aromatic carbocycles. The summed E-state index contributed by atoms with van der Waals surface area (Å²) >= 11 is 6.72. The first-order chi connectivity index (χ1) is 13.0. The number of ether oxygens (including phenoxy) is 1. The maximum absolute atomic E-state index is 12.3. The molecule has 1 amide bonds. The van der Waals surface area contributed by atoms with Crippen molar-refractivity contribution in [2.75, 3.05) is 20.2 Å². The van der Waals surface area contributed by atoms with Crippen LogP contribution < -0.4 is 5.32 Å². The van der Waals surface area contributed by atoms with E-state index in [1.807, 2.05) is 18.2 Å². The highest BCUT2D eigenvalue weighted by atomic mass is 79.9. The molecule has 0 radical (unpaired) electrons. The number of H-pyrrole nitrogens is 1. The molecule has 0 atom stereocenters. The van der Waals surface area contributed by atoms with E-state index in [1.54, 1.807) is 12.1 Å². The molecule has 1 saturated heterocycles. The minimum absolute atomic E-state index is 0.0920. The Morgan fingerprint density at radius 2 is 2.00 bits per heavy atom. The molecular weight excluding hydrogens is 478 g/mol. The highest BCUT2D eigenvalue weighted by Crippen LogP contribution is 2.23. The number of rotatable bonds is 5. The van der Waals surface area contributed by atoms with Gasteiger partial charge in [0.1, 0.15) is 5.69 Å². The van der Waals surface area contributed by atoms with Crippen molar-refractivity contribution in [3.05, 3.63) is 56.2 Å². The second-order valence-corrected chi connectivity index (χ2v) is 8.21. The fraction of sp³-hybridized carbons (Fsp3) is 0.368. The molecule has 0 spiro atoms. The maximum Gasteiger partial charge on any atom is 0.337 e. The summed E-state index contributed by atoms with van der Waals surface area (Å²) in [6.07, 6.45) is 1.79. The molecule has 2 aromatic rings. The third-order valence-electron chi connectivity index (χ3n) is 4.65. The summed E-state index contributed by atoms with van der Waals surface area (Å²) < 4.78 is 6.37. The Labute approximate surface area is 174 Å². The minimum atomic E-state index is -0.319. The lowest BCUT2D eigenvalue weighted by Crippen LogP contribution is -2.44. The van der Waals surface area contributed by atoms with Crippen molar-refractivity contribution in [3.8, 4) is 0 Å². The van der Waals surface area contributed by atoms with Gasteiger partial charge in [0.15, 0.2) is 0 Å². The Hall–Kier alpha value is -1.64. The standard InChI is InChI=1S/C19H21Br2N3O3/c1-27-19(26)13-4-2-3-12(9-13)11-24-7-5-14(6-8-24)22-18(25)16-10-15(20)17(21)23-16/h2-4,9-10,14,23H,5-8,11H2,1H3,(H,22,25). The van der Waals surface area contributed by atoms with Gasteiger partial charge in [0, 0.05) is 25.7 Å². The summed E-state index contributed by atoms with van der Waals surface area (Å²) in [7, 11) is 1.39. The number of benzene rings is 1. The van der Waals surface area contributed by atoms with Crippen LogP contribution in [0.2, 0.25) is 0 Å². The van der Waals surface area contributed by atoms with Crippen molar-refractivity contribution < 1.29 is 14.3 Å². The number of hydrogen-bond donors (Lipinski definition) is 2. The number of aromatic nitrogens is 1. The normalized spacial score (nSPS) is 15.5. The van der Waals surface area contributed by atoms with Crippen LogP contribution >= 0.6 is 31.9 Å². The summed E-state index contributed by atoms with van der Waals surface area (Å²) in [6.45, 7) is 2.57. The van der Waals surface area contributed by atoms with E-state index in [9.17, 15) is 9.59 Å². The van der Waals surface area contributed by atoms with Gasteiger partial charge in [-0.2, -0.15) is 0 Å². The van der Waals surface area contributed by atoms with Crippen LogP contribution in [-0.4, -0.2) is 48.0 Å². The van der Waals surface area contributed by atoms with Gasteiger partial charge in [0.25, 0.3) is 5.91 Å². The van der Waals surface area contributed by atoms with E-state index < -0.39 is 0 Å². The molecule has 1 aliphatic rings. The Morgan fingerprint density at radius 1 is 1.26 bits per heavy atom. The van der Waals surface area contributed by atoms with Crippen molar-refractivity contribution in [2.24, 2.45) is 0 Å². The van der Waals surface area contributed by atoms with Crippen molar-refractivity contribution >= 4 is 43.7 Å². The van der Waals surface area contributed by atoms with Gasteiger partial charge in [0.2, 0.25) is 0 Å². The number of amides is 1. The molecule has 1 fully saturated rings. The molecule has 6 nitrogen and oxygen atoms in total. The minimum Gasteiger partial charge on any atom is -0.465 e. The molecule has 3 rings (SSSR count). The number of hydrogen-bond acceptors (Lipinski definition) is 4. The van der Waals surface area contributed by atoms with Gasteiger partial charge in [-0.3, -0.25) is 9.69 Å². The van der Waals surface area contributed by atoms with Crippen LogP contribution in [0, 0.1) is 0 Å². The fourth-order valence-corrected chi connectivity index (χ4v) is 3.85. The zero-order valence-electron chi connectivity index (χ0n) is 14.9. The van der Waals surface area contributed by atoms with Crippen LogP contribution in [0.25, 0.3) is 0 Å². The number of nitrogens with zero attached hydrogens (tertiary/aromatic N) is 1. The lowest BCUT2D eigenvalue weighted by molar-refractivity contribution is 0.0600. The zero-order valence-corrected chi connectivity index (χ0v) is 18.1. The summed E-state index contributed by atoms with van der Waals surface area (Å²) in [5.41, 5.74) is 2.19. The maximum atomic E-state index is 12.3.